The normalized spacial score (nSPS) is 12.4. The van der Waals surface area contributed by atoms with E-state index < -0.39 is 0 Å². The highest BCUT2D eigenvalue weighted by atomic mass is 32.2. The molecule has 94 valence electrons. The Hall–Kier alpha value is -0.770. The van der Waals surface area contributed by atoms with Gasteiger partial charge in [0.05, 0.1) is 0 Å². The number of thioether (sulfide) groups is 1. The number of aryl methyl sites for hydroxylation is 1. The van der Waals surface area contributed by atoms with Gasteiger partial charge in [-0.25, -0.2) is 0 Å². The number of hydrogen-bond acceptors (Lipinski definition) is 3. The van der Waals surface area contributed by atoms with Gasteiger partial charge in [-0.2, -0.15) is 0 Å². The van der Waals surface area contributed by atoms with Crippen LogP contribution in [0.25, 0.3) is 0 Å². The second-order valence-electron chi connectivity index (χ2n) is 4.21. The number of unbranched alkanes of at least 4 members (excludes halogenated alkanes) is 1. The Bertz CT molecular complexity index is 339. The van der Waals surface area contributed by atoms with E-state index in [2.05, 4.69) is 43.2 Å². The number of nitrogens with one attached hydrogen (secondary N) is 1. The molecule has 2 nitrogen and oxygen atoms in total. The summed E-state index contributed by atoms with van der Waals surface area (Å²) >= 11 is 1.86. The number of benzene rings is 1. The summed E-state index contributed by atoms with van der Waals surface area (Å²) in [5.74, 6) is 6.57. The molecular weight excluding hydrogens is 228 g/mol. The average molecular weight is 250 g/mol. The molecule has 0 radical (unpaired) electrons. The van der Waals surface area contributed by atoms with Crippen molar-refractivity contribution in [3.05, 3.63) is 42.5 Å². The number of nitrogens with two attached hydrogens (primary N) is 1. The van der Waals surface area contributed by atoms with E-state index >= 15 is 0 Å². The molecule has 1 unspecified atom stereocenters. The molecule has 0 spiro atoms. The zero-order chi connectivity index (χ0) is 12.5. The van der Waals surface area contributed by atoms with Gasteiger partial charge in [-0.15, -0.1) is 18.3 Å². The van der Waals surface area contributed by atoms with Gasteiger partial charge in [0.1, 0.15) is 0 Å². The highest BCUT2D eigenvalue weighted by Crippen LogP contribution is 2.20. The number of hydrazine groups is 1. The molecule has 1 aromatic carbocycles. The summed E-state index contributed by atoms with van der Waals surface area (Å²) in [6.07, 6.45) is 5.27. The number of hydrogen-bond donors (Lipinski definition) is 2. The lowest BCUT2D eigenvalue weighted by molar-refractivity contribution is 0.522. The molecule has 0 bridgehead atoms. The van der Waals surface area contributed by atoms with Crippen LogP contribution < -0.4 is 11.3 Å². The predicted octanol–water partition coefficient (Wildman–Crippen LogP) is 3.28. The first-order chi connectivity index (χ1) is 8.26. The number of allylic oxidation sites excluding steroid dienone is 1. The second kappa shape index (κ2) is 8.34. The van der Waals surface area contributed by atoms with Crippen LogP contribution in [0.3, 0.4) is 0 Å². The van der Waals surface area contributed by atoms with E-state index in [-0.39, 0.29) is 0 Å². The lowest BCUT2D eigenvalue weighted by Gasteiger charge is -2.15. The van der Waals surface area contributed by atoms with Crippen molar-refractivity contribution >= 4 is 11.8 Å². The van der Waals surface area contributed by atoms with Gasteiger partial charge in [0, 0.05) is 16.7 Å². The van der Waals surface area contributed by atoms with Gasteiger partial charge in [0.2, 0.25) is 0 Å². The van der Waals surface area contributed by atoms with Crippen molar-refractivity contribution in [1.82, 2.24) is 5.43 Å². The Morgan fingerprint density at radius 3 is 3.00 bits per heavy atom. The van der Waals surface area contributed by atoms with Gasteiger partial charge in [-0.1, -0.05) is 23.8 Å². The molecular formula is C14H22N2S. The van der Waals surface area contributed by atoms with Crippen molar-refractivity contribution in [2.24, 2.45) is 5.84 Å². The molecule has 0 saturated carbocycles. The third-order valence-electron chi connectivity index (χ3n) is 2.64. The van der Waals surface area contributed by atoms with Gasteiger partial charge in [0.15, 0.2) is 0 Å². The standard InChI is InChI=1S/C14H22N2S/c1-3-4-5-8-13(16-15)11-17-14-9-6-7-12(2)10-14/h3,6-7,9-10,13,16H,1,4-5,8,11,15H2,2H3. The van der Waals surface area contributed by atoms with Crippen LogP contribution >= 0.6 is 11.8 Å². The molecule has 0 aliphatic carbocycles. The van der Waals surface area contributed by atoms with Gasteiger partial charge in [-0.3, -0.25) is 11.3 Å². The molecule has 0 heterocycles. The summed E-state index contributed by atoms with van der Waals surface area (Å²) in [5, 5.41) is 0. The molecule has 0 aliphatic heterocycles. The first-order valence-electron chi connectivity index (χ1n) is 6.02. The lowest BCUT2D eigenvalue weighted by atomic mass is 10.1. The van der Waals surface area contributed by atoms with Crippen LogP contribution in [0.2, 0.25) is 0 Å². The molecule has 1 rings (SSSR count). The fourth-order valence-electron chi connectivity index (χ4n) is 1.63. The topological polar surface area (TPSA) is 38.0 Å². The molecule has 3 heteroatoms. The highest BCUT2D eigenvalue weighted by Gasteiger charge is 2.06. The minimum atomic E-state index is 0.375. The minimum Gasteiger partial charge on any atom is -0.271 e. The van der Waals surface area contributed by atoms with Crippen LogP contribution in [0.1, 0.15) is 24.8 Å². The van der Waals surface area contributed by atoms with Crippen molar-refractivity contribution in [2.45, 2.75) is 37.1 Å². The van der Waals surface area contributed by atoms with Crippen molar-refractivity contribution in [2.75, 3.05) is 5.75 Å². The fraction of sp³-hybridized carbons (Fsp3) is 0.429. The van der Waals surface area contributed by atoms with E-state index in [0.717, 1.165) is 25.0 Å². The smallest absolute Gasteiger partial charge is 0.0304 e. The zero-order valence-electron chi connectivity index (χ0n) is 10.5. The van der Waals surface area contributed by atoms with Crippen LogP contribution in [0.5, 0.6) is 0 Å². The Balaban J connectivity index is 2.34. The van der Waals surface area contributed by atoms with Gasteiger partial charge in [0.25, 0.3) is 0 Å². The Kier molecular flexibility index (Phi) is 7.01. The third kappa shape index (κ3) is 5.91. The van der Waals surface area contributed by atoms with E-state index in [9.17, 15) is 0 Å². The van der Waals surface area contributed by atoms with Crippen molar-refractivity contribution in [3.8, 4) is 0 Å². The maximum absolute atomic E-state index is 5.56. The van der Waals surface area contributed by atoms with Crippen LogP contribution in [0.15, 0.2) is 41.8 Å². The van der Waals surface area contributed by atoms with E-state index in [0.29, 0.717) is 6.04 Å². The van der Waals surface area contributed by atoms with E-state index in [1.54, 1.807) is 0 Å². The van der Waals surface area contributed by atoms with Crippen LogP contribution in [-0.4, -0.2) is 11.8 Å². The predicted molar refractivity (Wildman–Crippen MR) is 77.1 cm³/mol. The summed E-state index contributed by atoms with van der Waals surface area (Å²) in [4.78, 5) is 1.31. The van der Waals surface area contributed by atoms with Gasteiger partial charge < -0.3 is 0 Å². The molecule has 1 aromatic rings. The maximum atomic E-state index is 5.56. The van der Waals surface area contributed by atoms with Crippen LogP contribution in [0.4, 0.5) is 0 Å². The van der Waals surface area contributed by atoms with Gasteiger partial charge >= 0.3 is 0 Å². The van der Waals surface area contributed by atoms with E-state index in [1.165, 1.54) is 10.5 Å². The molecule has 1 atom stereocenters. The first-order valence-corrected chi connectivity index (χ1v) is 7.01. The summed E-state index contributed by atoms with van der Waals surface area (Å²) in [6.45, 7) is 5.85. The largest absolute Gasteiger partial charge is 0.271 e. The fourth-order valence-corrected chi connectivity index (χ4v) is 2.73. The molecule has 17 heavy (non-hydrogen) atoms. The molecule has 0 aromatic heterocycles. The minimum absolute atomic E-state index is 0.375. The average Bonchev–Trinajstić information content (AvgIpc) is 2.34. The number of rotatable bonds is 8. The van der Waals surface area contributed by atoms with Crippen LogP contribution in [0, 0.1) is 6.92 Å². The van der Waals surface area contributed by atoms with Crippen molar-refractivity contribution < 1.29 is 0 Å². The van der Waals surface area contributed by atoms with Crippen molar-refractivity contribution in [3.63, 3.8) is 0 Å². The Morgan fingerprint density at radius 1 is 1.53 bits per heavy atom. The lowest BCUT2D eigenvalue weighted by Crippen LogP contribution is -2.36. The van der Waals surface area contributed by atoms with Crippen molar-refractivity contribution in [1.29, 1.82) is 0 Å². The first kappa shape index (κ1) is 14.3. The SMILES string of the molecule is C=CCCCC(CSc1cccc(C)c1)NN. The summed E-state index contributed by atoms with van der Waals surface area (Å²) in [5.41, 5.74) is 4.20. The summed E-state index contributed by atoms with van der Waals surface area (Å²) in [6, 6.07) is 8.95. The maximum Gasteiger partial charge on any atom is 0.0304 e. The monoisotopic (exact) mass is 250 g/mol. The quantitative estimate of drug-likeness (QED) is 0.244. The summed E-state index contributed by atoms with van der Waals surface area (Å²) in [7, 11) is 0. The van der Waals surface area contributed by atoms with E-state index in [4.69, 9.17) is 5.84 Å². The molecule has 3 N–H and O–H groups in total. The van der Waals surface area contributed by atoms with Crippen LogP contribution in [-0.2, 0) is 0 Å². The van der Waals surface area contributed by atoms with Gasteiger partial charge in [-0.05, 0) is 38.3 Å². The molecule has 0 saturated heterocycles. The van der Waals surface area contributed by atoms with E-state index in [1.807, 2.05) is 17.8 Å². The second-order valence-corrected chi connectivity index (χ2v) is 5.30. The Labute approximate surface area is 109 Å². The highest BCUT2D eigenvalue weighted by molar-refractivity contribution is 7.99. The Morgan fingerprint density at radius 2 is 2.35 bits per heavy atom. The molecule has 0 aliphatic rings. The third-order valence-corrected chi connectivity index (χ3v) is 3.79. The molecule has 0 fully saturated rings. The summed E-state index contributed by atoms with van der Waals surface area (Å²) < 4.78 is 0. The zero-order valence-corrected chi connectivity index (χ0v) is 11.3. The molecule has 0 amide bonds.